The maximum Gasteiger partial charge on any atom is 0.407 e. The first-order chi connectivity index (χ1) is 14.8. The van der Waals surface area contributed by atoms with Crippen LogP contribution in [0.15, 0.2) is 54.6 Å². The van der Waals surface area contributed by atoms with Crippen molar-refractivity contribution in [2.45, 2.75) is 38.7 Å². The number of H-pyrrole nitrogens is 1. The third-order valence-corrected chi connectivity index (χ3v) is 4.50. The van der Waals surface area contributed by atoms with Crippen molar-refractivity contribution in [2.24, 2.45) is 0 Å². The molecule has 8 nitrogen and oxygen atoms in total. The van der Waals surface area contributed by atoms with Gasteiger partial charge in [0.25, 0.3) is 0 Å². The van der Waals surface area contributed by atoms with Gasteiger partial charge < -0.3 is 14.8 Å². The molecule has 1 amide bonds. The zero-order valence-electron chi connectivity index (χ0n) is 16.9. The number of aromatic amines is 1. The van der Waals surface area contributed by atoms with Gasteiger partial charge in [-0.3, -0.25) is 0 Å². The molecule has 2 N–H and O–H groups in total. The summed E-state index contributed by atoms with van der Waals surface area (Å²) in [6.45, 7) is 1.51. The molecule has 0 spiro atoms. The molecule has 1 heterocycles. The number of alkyl carbamates (subject to hydrolysis) is 1. The van der Waals surface area contributed by atoms with E-state index in [9.17, 15) is 4.79 Å². The van der Waals surface area contributed by atoms with E-state index >= 15 is 0 Å². The molecule has 3 aromatic rings. The molecule has 158 valence electrons. The van der Waals surface area contributed by atoms with Crippen LogP contribution in [-0.4, -0.2) is 39.9 Å². The van der Waals surface area contributed by atoms with E-state index in [2.05, 4.69) is 38.1 Å². The fraction of sp³-hybridized carbons (Fsp3) is 0.364. The number of benzene rings is 2. The summed E-state index contributed by atoms with van der Waals surface area (Å²) in [7, 11) is 0. The number of aryl methyl sites for hydroxylation is 2. The first kappa shape index (κ1) is 21.3. The molecule has 0 fully saturated rings. The molecule has 0 bridgehead atoms. The van der Waals surface area contributed by atoms with Crippen LogP contribution in [0.25, 0.3) is 0 Å². The summed E-state index contributed by atoms with van der Waals surface area (Å²) in [6, 6.07) is 17.8. The number of nitrogens with one attached hydrogen (secondary N) is 2. The standard InChI is InChI=1S/C22H27N5O3/c28-22(30-17-19-8-2-1-3-9-19)23-15-5-4-7-18-11-13-20(14-12-18)29-16-6-10-21-24-26-27-25-21/h1-3,8-9,11-14H,4-7,10,15-17H2,(H,23,28)(H,24,25,26,27). The molecular weight excluding hydrogens is 382 g/mol. The number of unbranched alkanes of at least 4 members (excludes halogenated alkanes) is 1. The van der Waals surface area contributed by atoms with Crippen molar-refractivity contribution in [1.29, 1.82) is 0 Å². The van der Waals surface area contributed by atoms with Gasteiger partial charge in [-0.15, -0.1) is 10.2 Å². The fourth-order valence-corrected chi connectivity index (χ4v) is 2.88. The predicted molar refractivity (Wildman–Crippen MR) is 112 cm³/mol. The normalized spacial score (nSPS) is 10.5. The van der Waals surface area contributed by atoms with Crippen molar-refractivity contribution in [1.82, 2.24) is 25.9 Å². The topological polar surface area (TPSA) is 102 Å². The lowest BCUT2D eigenvalue weighted by molar-refractivity contribution is 0.139. The number of ether oxygens (including phenoxy) is 2. The predicted octanol–water partition coefficient (Wildman–Crippen LogP) is 3.46. The maximum absolute atomic E-state index is 11.7. The van der Waals surface area contributed by atoms with Crippen LogP contribution in [0.1, 0.15) is 36.2 Å². The number of hydrogen-bond donors (Lipinski definition) is 2. The SMILES string of the molecule is O=C(NCCCCc1ccc(OCCCc2nn[nH]n2)cc1)OCc1ccccc1. The molecule has 2 aromatic carbocycles. The molecule has 8 heteroatoms. The number of carbonyl (C=O) groups excluding carboxylic acids is 1. The van der Waals surface area contributed by atoms with Gasteiger partial charge in [-0.25, -0.2) is 4.79 Å². The Bertz CT molecular complexity index is 854. The smallest absolute Gasteiger partial charge is 0.407 e. The van der Waals surface area contributed by atoms with Gasteiger partial charge in [-0.2, -0.15) is 5.21 Å². The Kier molecular flexibility index (Phi) is 8.66. The number of aromatic nitrogens is 4. The number of hydrogen-bond acceptors (Lipinski definition) is 6. The number of carbonyl (C=O) groups is 1. The summed E-state index contributed by atoms with van der Waals surface area (Å²) in [5.41, 5.74) is 2.23. The molecule has 30 heavy (non-hydrogen) atoms. The molecule has 0 aliphatic heterocycles. The van der Waals surface area contributed by atoms with E-state index < -0.39 is 0 Å². The van der Waals surface area contributed by atoms with Gasteiger partial charge in [0.2, 0.25) is 0 Å². The van der Waals surface area contributed by atoms with Gasteiger partial charge in [0.1, 0.15) is 12.4 Å². The van der Waals surface area contributed by atoms with E-state index in [1.165, 1.54) is 5.56 Å². The third kappa shape index (κ3) is 7.90. The first-order valence-electron chi connectivity index (χ1n) is 10.2. The van der Waals surface area contributed by atoms with Crippen LogP contribution in [0.2, 0.25) is 0 Å². The van der Waals surface area contributed by atoms with E-state index in [4.69, 9.17) is 9.47 Å². The average Bonchev–Trinajstić information content (AvgIpc) is 3.30. The van der Waals surface area contributed by atoms with Crippen LogP contribution in [0.3, 0.4) is 0 Å². The molecule has 0 atom stereocenters. The molecule has 3 rings (SSSR count). The van der Waals surface area contributed by atoms with Crippen molar-refractivity contribution in [3.05, 3.63) is 71.5 Å². The number of tetrazole rings is 1. The molecule has 0 saturated carbocycles. The van der Waals surface area contributed by atoms with Crippen molar-refractivity contribution in [3.8, 4) is 5.75 Å². The van der Waals surface area contributed by atoms with E-state index in [-0.39, 0.29) is 12.7 Å². The monoisotopic (exact) mass is 409 g/mol. The average molecular weight is 409 g/mol. The zero-order valence-corrected chi connectivity index (χ0v) is 16.9. The van der Waals surface area contributed by atoms with E-state index in [1.54, 1.807) is 0 Å². The minimum Gasteiger partial charge on any atom is -0.494 e. The minimum absolute atomic E-state index is 0.290. The summed E-state index contributed by atoms with van der Waals surface area (Å²) in [5, 5.41) is 16.6. The highest BCUT2D eigenvalue weighted by molar-refractivity contribution is 5.67. The van der Waals surface area contributed by atoms with Crippen molar-refractivity contribution < 1.29 is 14.3 Å². The van der Waals surface area contributed by atoms with Crippen LogP contribution in [0, 0.1) is 0 Å². The molecule has 0 aliphatic carbocycles. The first-order valence-corrected chi connectivity index (χ1v) is 10.2. The van der Waals surface area contributed by atoms with Gasteiger partial charge >= 0.3 is 6.09 Å². The summed E-state index contributed by atoms with van der Waals surface area (Å²) >= 11 is 0. The van der Waals surface area contributed by atoms with Crippen molar-refractivity contribution in [2.75, 3.05) is 13.2 Å². The minimum atomic E-state index is -0.375. The zero-order chi connectivity index (χ0) is 20.9. The Hall–Kier alpha value is -3.42. The quantitative estimate of drug-likeness (QED) is 0.444. The summed E-state index contributed by atoms with van der Waals surface area (Å²) in [4.78, 5) is 11.7. The van der Waals surface area contributed by atoms with Gasteiger partial charge in [-0.05, 0) is 48.9 Å². The Morgan fingerprint density at radius 2 is 1.77 bits per heavy atom. The van der Waals surface area contributed by atoms with Crippen LogP contribution in [-0.2, 0) is 24.2 Å². The van der Waals surface area contributed by atoms with Crippen LogP contribution in [0.4, 0.5) is 4.79 Å². The van der Waals surface area contributed by atoms with Crippen LogP contribution < -0.4 is 10.1 Å². The second-order valence-electron chi connectivity index (χ2n) is 6.87. The van der Waals surface area contributed by atoms with Gasteiger partial charge in [-0.1, -0.05) is 47.7 Å². The largest absolute Gasteiger partial charge is 0.494 e. The Morgan fingerprint density at radius 1 is 0.933 bits per heavy atom. The van der Waals surface area contributed by atoms with Crippen molar-refractivity contribution >= 4 is 6.09 Å². The van der Waals surface area contributed by atoms with E-state index in [0.717, 1.165) is 43.4 Å². The Labute approximate surface area is 176 Å². The maximum atomic E-state index is 11.7. The number of amides is 1. The highest BCUT2D eigenvalue weighted by Gasteiger charge is 2.03. The molecule has 0 aliphatic rings. The van der Waals surface area contributed by atoms with Crippen molar-refractivity contribution in [3.63, 3.8) is 0 Å². The van der Waals surface area contributed by atoms with Gasteiger partial charge in [0.15, 0.2) is 5.82 Å². The van der Waals surface area contributed by atoms with E-state index in [0.29, 0.717) is 19.0 Å². The highest BCUT2D eigenvalue weighted by Crippen LogP contribution is 2.14. The lowest BCUT2D eigenvalue weighted by Crippen LogP contribution is -2.25. The second kappa shape index (κ2) is 12.2. The Balaban J connectivity index is 1.22. The lowest BCUT2D eigenvalue weighted by Gasteiger charge is -2.08. The van der Waals surface area contributed by atoms with Crippen LogP contribution in [0.5, 0.6) is 5.75 Å². The summed E-state index contributed by atoms with van der Waals surface area (Å²) in [5.74, 6) is 1.56. The molecule has 0 unspecified atom stereocenters. The molecular formula is C22H27N5O3. The highest BCUT2D eigenvalue weighted by atomic mass is 16.5. The lowest BCUT2D eigenvalue weighted by atomic mass is 10.1. The molecule has 0 radical (unpaired) electrons. The van der Waals surface area contributed by atoms with Gasteiger partial charge in [0, 0.05) is 13.0 Å². The number of nitrogens with zero attached hydrogens (tertiary/aromatic N) is 3. The summed E-state index contributed by atoms with van der Waals surface area (Å²) in [6.07, 6.45) is 4.04. The number of rotatable bonds is 12. The molecule has 0 saturated heterocycles. The molecule has 1 aromatic heterocycles. The van der Waals surface area contributed by atoms with Gasteiger partial charge in [0.05, 0.1) is 6.61 Å². The summed E-state index contributed by atoms with van der Waals surface area (Å²) < 4.78 is 10.9. The fourth-order valence-electron chi connectivity index (χ4n) is 2.88. The Morgan fingerprint density at radius 3 is 2.53 bits per heavy atom. The van der Waals surface area contributed by atoms with Crippen LogP contribution >= 0.6 is 0 Å². The second-order valence-corrected chi connectivity index (χ2v) is 6.87. The third-order valence-electron chi connectivity index (χ3n) is 4.50. The van der Waals surface area contributed by atoms with E-state index in [1.807, 2.05) is 42.5 Å².